The van der Waals surface area contributed by atoms with Gasteiger partial charge in [-0.2, -0.15) is 5.10 Å². The maximum atomic E-state index is 14.2. The fourth-order valence-corrected chi connectivity index (χ4v) is 2.14. The van der Waals surface area contributed by atoms with Crippen molar-refractivity contribution in [1.82, 2.24) is 14.6 Å². The molecule has 0 radical (unpaired) electrons. The van der Waals surface area contributed by atoms with Crippen molar-refractivity contribution < 1.29 is 19.0 Å². The molecular formula is C15H14FN3O3. The van der Waals surface area contributed by atoms with Crippen molar-refractivity contribution in [3.63, 3.8) is 0 Å². The number of methoxy groups -OCH3 is 1. The van der Waals surface area contributed by atoms with Crippen LogP contribution in [0.1, 0.15) is 5.69 Å². The van der Waals surface area contributed by atoms with Gasteiger partial charge in [-0.1, -0.05) is 0 Å². The van der Waals surface area contributed by atoms with Crippen LogP contribution < -0.4 is 4.74 Å². The Morgan fingerprint density at radius 3 is 2.77 bits per heavy atom. The zero-order chi connectivity index (χ0) is 16.1. The molecule has 0 unspecified atom stereocenters. The Labute approximate surface area is 125 Å². The summed E-state index contributed by atoms with van der Waals surface area (Å²) in [6.07, 6.45) is 3.46. The number of carbonyl (C=O) groups is 1. The minimum Gasteiger partial charge on any atom is -0.497 e. The summed E-state index contributed by atoms with van der Waals surface area (Å²) in [7, 11) is 1.51. The highest BCUT2D eigenvalue weighted by atomic mass is 19.1. The molecule has 3 aromatic rings. The average Bonchev–Trinajstić information content (AvgIpc) is 2.84. The SMILES string of the molecule is COc1ccc(-c2c(C)nn3cccnc23)c(F)c1.O=CO. The summed E-state index contributed by atoms with van der Waals surface area (Å²) in [6.45, 7) is 1.59. The highest BCUT2D eigenvalue weighted by molar-refractivity contribution is 5.80. The second kappa shape index (κ2) is 6.66. The number of benzene rings is 1. The van der Waals surface area contributed by atoms with Crippen LogP contribution in [0.5, 0.6) is 5.75 Å². The largest absolute Gasteiger partial charge is 0.497 e. The number of hydrogen-bond donors (Lipinski definition) is 1. The van der Waals surface area contributed by atoms with Crippen molar-refractivity contribution in [2.45, 2.75) is 6.92 Å². The third-order valence-electron chi connectivity index (χ3n) is 3.02. The van der Waals surface area contributed by atoms with Crippen molar-refractivity contribution in [2.24, 2.45) is 0 Å². The fourth-order valence-electron chi connectivity index (χ4n) is 2.14. The molecule has 22 heavy (non-hydrogen) atoms. The molecule has 6 nitrogen and oxygen atoms in total. The first-order valence-corrected chi connectivity index (χ1v) is 6.34. The molecule has 0 atom stereocenters. The number of aromatic nitrogens is 3. The molecule has 1 N–H and O–H groups in total. The Balaban J connectivity index is 0.000000545. The topological polar surface area (TPSA) is 76.7 Å². The quantitative estimate of drug-likeness (QED) is 0.736. The van der Waals surface area contributed by atoms with E-state index in [-0.39, 0.29) is 12.3 Å². The van der Waals surface area contributed by atoms with Crippen LogP contribution in [0.3, 0.4) is 0 Å². The van der Waals surface area contributed by atoms with E-state index >= 15 is 0 Å². The summed E-state index contributed by atoms with van der Waals surface area (Å²) >= 11 is 0. The fraction of sp³-hybridized carbons (Fsp3) is 0.133. The molecule has 2 aromatic heterocycles. The second-order valence-electron chi connectivity index (χ2n) is 4.30. The van der Waals surface area contributed by atoms with Gasteiger partial charge in [-0.3, -0.25) is 4.79 Å². The zero-order valence-corrected chi connectivity index (χ0v) is 12.0. The van der Waals surface area contributed by atoms with Crippen LogP contribution in [-0.2, 0) is 4.79 Å². The van der Waals surface area contributed by atoms with Crippen LogP contribution >= 0.6 is 0 Å². The Kier molecular flexibility index (Phi) is 4.67. The molecule has 1 aromatic carbocycles. The average molecular weight is 303 g/mol. The summed E-state index contributed by atoms with van der Waals surface area (Å²) in [4.78, 5) is 12.6. The molecule has 0 aliphatic carbocycles. The molecule has 0 aliphatic heterocycles. The van der Waals surface area contributed by atoms with Crippen LogP contribution in [0.25, 0.3) is 16.8 Å². The van der Waals surface area contributed by atoms with Gasteiger partial charge < -0.3 is 9.84 Å². The summed E-state index contributed by atoms with van der Waals surface area (Å²) in [5, 5.41) is 11.2. The van der Waals surface area contributed by atoms with Crippen molar-refractivity contribution in [2.75, 3.05) is 7.11 Å². The lowest BCUT2D eigenvalue weighted by atomic mass is 10.1. The smallest absolute Gasteiger partial charge is 0.290 e. The number of nitrogens with zero attached hydrogens (tertiary/aromatic N) is 3. The Hall–Kier alpha value is -2.96. The molecule has 7 heteroatoms. The summed E-state index contributed by atoms with van der Waals surface area (Å²) < 4.78 is 20.8. The number of carboxylic acid groups (broad SMARTS) is 1. The molecule has 0 spiro atoms. The monoisotopic (exact) mass is 303 g/mol. The maximum Gasteiger partial charge on any atom is 0.290 e. The molecule has 0 aliphatic rings. The van der Waals surface area contributed by atoms with E-state index in [0.717, 1.165) is 5.69 Å². The van der Waals surface area contributed by atoms with E-state index in [1.807, 2.05) is 6.92 Å². The third-order valence-corrected chi connectivity index (χ3v) is 3.02. The first-order chi connectivity index (χ1) is 10.6. The van der Waals surface area contributed by atoms with Crippen molar-refractivity contribution >= 4 is 12.1 Å². The van der Waals surface area contributed by atoms with Crippen molar-refractivity contribution in [3.8, 4) is 16.9 Å². The predicted molar refractivity (Wildman–Crippen MR) is 78.4 cm³/mol. The summed E-state index contributed by atoms with van der Waals surface area (Å²) in [6, 6.07) is 6.56. The minimum atomic E-state index is -0.344. The third kappa shape index (κ3) is 2.88. The maximum absolute atomic E-state index is 14.2. The highest BCUT2D eigenvalue weighted by Gasteiger charge is 2.16. The molecular weight excluding hydrogens is 289 g/mol. The van der Waals surface area contributed by atoms with Crippen LogP contribution in [0.4, 0.5) is 4.39 Å². The van der Waals surface area contributed by atoms with Crippen LogP contribution in [0, 0.1) is 12.7 Å². The Morgan fingerprint density at radius 2 is 2.14 bits per heavy atom. The molecule has 2 heterocycles. The van der Waals surface area contributed by atoms with Crippen LogP contribution in [0.2, 0.25) is 0 Å². The van der Waals surface area contributed by atoms with Gasteiger partial charge in [-0.25, -0.2) is 13.9 Å². The number of fused-ring (bicyclic) bond motifs is 1. The van der Waals surface area contributed by atoms with Gasteiger partial charge in [-0.15, -0.1) is 0 Å². The van der Waals surface area contributed by atoms with Crippen LogP contribution in [-0.4, -0.2) is 33.3 Å². The Bertz CT molecular complexity index is 802. The standard InChI is InChI=1S/C14H12FN3O.CH2O2/c1-9-13(14-16-6-3-7-18(14)17-9)11-5-4-10(19-2)8-12(11)15;2-1-3/h3-8H,1-2H3;1H,(H,2,3). The number of aryl methyl sites for hydroxylation is 1. The van der Waals surface area contributed by atoms with Gasteiger partial charge in [0.1, 0.15) is 11.6 Å². The van der Waals surface area contributed by atoms with Crippen molar-refractivity contribution in [1.29, 1.82) is 0 Å². The lowest BCUT2D eigenvalue weighted by Gasteiger charge is -2.05. The lowest BCUT2D eigenvalue weighted by molar-refractivity contribution is -0.122. The highest BCUT2D eigenvalue weighted by Crippen LogP contribution is 2.31. The summed E-state index contributed by atoms with van der Waals surface area (Å²) in [5.41, 5.74) is 2.57. The van der Waals surface area contributed by atoms with E-state index in [0.29, 0.717) is 22.5 Å². The molecule has 0 saturated heterocycles. The van der Waals surface area contributed by atoms with E-state index in [9.17, 15) is 4.39 Å². The molecule has 0 fully saturated rings. The molecule has 114 valence electrons. The number of halogens is 1. The van der Waals surface area contributed by atoms with Gasteiger partial charge in [-0.05, 0) is 25.1 Å². The minimum absolute atomic E-state index is 0.250. The van der Waals surface area contributed by atoms with Gasteiger partial charge >= 0.3 is 0 Å². The normalized spacial score (nSPS) is 9.95. The van der Waals surface area contributed by atoms with Gasteiger partial charge in [0.15, 0.2) is 5.65 Å². The van der Waals surface area contributed by atoms with Crippen LogP contribution in [0.15, 0.2) is 36.7 Å². The van der Waals surface area contributed by atoms with E-state index in [1.54, 1.807) is 35.1 Å². The van der Waals surface area contributed by atoms with E-state index in [2.05, 4.69) is 10.1 Å². The van der Waals surface area contributed by atoms with E-state index in [1.165, 1.54) is 13.2 Å². The van der Waals surface area contributed by atoms with Gasteiger partial charge in [0.2, 0.25) is 0 Å². The molecule has 0 amide bonds. The van der Waals surface area contributed by atoms with E-state index < -0.39 is 0 Å². The molecule has 3 rings (SSSR count). The number of hydrogen-bond acceptors (Lipinski definition) is 4. The van der Waals surface area contributed by atoms with Crippen molar-refractivity contribution in [3.05, 3.63) is 48.2 Å². The zero-order valence-electron chi connectivity index (χ0n) is 12.0. The van der Waals surface area contributed by atoms with Gasteiger partial charge in [0.05, 0.1) is 18.4 Å². The number of ether oxygens (including phenoxy) is 1. The van der Waals surface area contributed by atoms with Gasteiger partial charge in [0, 0.05) is 24.0 Å². The summed E-state index contributed by atoms with van der Waals surface area (Å²) in [5.74, 6) is 0.145. The molecule has 0 saturated carbocycles. The first-order valence-electron chi connectivity index (χ1n) is 6.34. The van der Waals surface area contributed by atoms with Gasteiger partial charge in [0.25, 0.3) is 6.47 Å². The lowest BCUT2D eigenvalue weighted by Crippen LogP contribution is -1.90. The Morgan fingerprint density at radius 1 is 1.41 bits per heavy atom. The predicted octanol–water partition coefficient (Wildman–Crippen LogP) is 2.55. The number of rotatable bonds is 2. The molecule has 0 bridgehead atoms. The first kappa shape index (κ1) is 15.4. The van der Waals surface area contributed by atoms with E-state index in [4.69, 9.17) is 14.6 Å². The second-order valence-corrected chi connectivity index (χ2v) is 4.30.